The Labute approximate surface area is 196 Å². The van der Waals surface area contributed by atoms with Crippen LogP contribution in [0.5, 0.6) is 0 Å². The van der Waals surface area contributed by atoms with Crippen LogP contribution in [0.1, 0.15) is 25.6 Å². The lowest BCUT2D eigenvalue weighted by atomic mass is 10.1. The van der Waals surface area contributed by atoms with Crippen LogP contribution in [-0.4, -0.2) is 48.0 Å². The maximum Gasteiger partial charge on any atom is 0.267 e. The Bertz CT molecular complexity index is 1090. The van der Waals surface area contributed by atoms with E-state index in [2.05, 4.69) is 15.5 Å². The first-order valence-electron chi connectivity index (χ1n) is 10.4. The summed E-state index contributed by atoms with van der Waals surface area (Å²) in [4.78, 5) is 29.6. The number of amides is 2. The third kappa shape index (κ3) is 5.33. The summed E-state index contributed by atoms with van der Waals surface area (Å²) in [6, 6.07) is 19.2. The second-order valence-corrected chi connectivity index (χ2v) is 8.93. The molecule has 2 heterocycles. The lowest BCUT2D eigenvalue weighted by Gasteiger charge is -2.36. The Hall–Kier alpha value is -3.23. The number of piperazine rings is 1. The van der Waals surface area contributed by atoms with Crippen LogP contribution in [0.2, 0.25) is 0 Å². The van der Waals surface area contributed by atoms with Gasteiger partial charge in [0.25, 0.3) is 11.8 Å². The van der Waals surface area contributed by atoms with Crippen molar-refractivity contribution in [3.05, 3.63) is 82.0 Å². The van der Waals surface area contributed by atoms with Gasteiger partial charge in [-0.2, -0.15) is 0 Å². The van der Waals surface area contributed by atoms with Crippen molar-refractivity contribution in [3.63, 3.8) is 0 Å². The minimum atomic E-state index is -0.216. The summed E-state index contributed by atoms with van der Waals surface area (Å²) in [5.41, 5.74) is 3.78. The maximum atomic E-state index is 12.7. The molecule has 0 bridgehead atoms. The molecule has 6 nitrogen and oxygen atoms in total. The summed E-state index contributed by atoms with van der Waals surface area (Å²) in [5.74, 6) is -0.130. The fourth-order valence-electron chi connectivity index (χ4n) is 3.54. The van der Waals surface area contributed by atoms with E-state index in [0.717, 1.165) is 35.6 Å². The van der Waals surface area contributed by atoms with Crippen molar-refractivity contribution in [1.82, 2.24) is 10.2 Å². The van der Waals surface area contributed by atoms with E-state index in [9.17, 15) is 9.59 Å². The van der Waals surface area contributed by atoms with Crippen LogP contribution in [0.15, 0.2) is 66.0 Å². The first kappa shape index (κ1) is 22.0. The second-order valence-electron chi connectivity index (χ2n) is 7.58. The number of hydrogen-bond acceptors (Lipinski definition) is 5. The zero-order chi connectivity index (χ0) is 22.5. The van der Waals surface area contributed by atoms with Crippen molar-refractivity contribution in [3.8, 4) is 0 Å². The van der Waals surface area contributed by atoms with Gasteiger partial charge in [0, 0.05) is 43.1 Å². The van der Waals surface area contributed by atoms with Gasteiger partial charge in [-0.15, -0.1) is 11.3 Å². The highest BCUT2D eigenvalue weighted by Gasteiger charge is 2.22. The standard InChI is InChI=1S/C24H24N4O2S2/c1-17-4-6-18(7-5-17)23(30)28-14-12-27(13-15-28)20-10-8-19(9-11-20)25-24(31)26-22(29)21-3-2-16-32-21/h2-11,16H,12-15H2,1H3,(H2,25,26,29,31). The van der Waals surface area contributed by atoms with Gasteiger partial charge in [-0.05, 0) is 67.0 Å². The van der Waals surface area contributed by atoms with Crippen LogP contribution in [-0.2, 0) is 0 Å². The number of nitrogens with zero attached hydrogens (tertiary/aromatic N) is 2. The predicted molar refractivity (Wildman–Crippen MR) is 134 cm³/mol. The number of benzene rings is 2. The largest absolute Gasteiger partial charge is 0.368 e. The zero-order valence-corrected chi connectivity index (χ0v) is 19.3. The van der Waals surface area contributed by atoms with Crippen LogP contribution in [0, 0.1) is 6.92 Å². The van der Waals surface area contributed by atoms with Gasteiger partial charge in [-0.1, -0.05) is 23.8 Å². The molecule has 1 aliphatic rings. The molecule has 1 saturated heterocycles. The van der Waals surface area contributed by atoms with E-state index < -0.39 is 0 Å². The first-order chi connectivity index (χ1) is 15.5. The van der Waals surface area contributed by atoms with Crippen LogP contribution in [0.4, 0.5) is 11.4 Å². The summed E-state index contributed by atoms with van der Waals surface area (Å²) in [6.07, 6.45) is 0. The molecule has 4 rings (SSSR count). The highest BCUT2D eigenvalue weighted by Crippen LogP contribution is 2.20. The van der Waals surface area contributed by atoms with Gasteiger partial charge in [-0.3, -0.25) is 14.9 Å². The van der Waals surface area contributed by atoms with Crippen molar-refractivity contribution in [2.45, 2.75) is 6.92 Å². The van der Waals surface area contributed by atoms with Gasteiger partial charge in [0.15, 0.2) is 5.11 Å². The Morgan fingerprint density at radius 1 is 0.938 bits per heavy atom. The van der Waals surface area contributed by atoms with Gasteiger partial charge in [0.2, 0.25) is 0 Å². The van der Waals surface area contributed by atoms with Gasteiger partial charge in [-0.25, -0.2) is 0 Å². The van der Waals surface area contributed by atoms with Crippen molar-refractivity contribution < 1.29 is 9.59 Å². The number of rotatable bonds is 4. The molecule has 0 radical (unpaired) electrons. The predicted octanol–water partition coefficient (Wildman–Crippen LogP) is 4.15. The van der Waals surface area contributed by atoms with Gasteiger partial charge in [0.05, 0.1) is 4.88 Å². The zero-order valence-electron chi connectivity index (χ0n) is 17.7. The highest BCUT2D eigenvalue weighted by atomic mass is 32.1. The molecule has 0 unspecified atom stereocenters. The number of aryl methyl sites for hydroxylation is 1. The number of thiophene rings is 1. The van der Waals surface area contributed by atoms with E-state index in [0.29, 0.717) is 18.0 Å². The van der Waals surface area contributed by atoms with Crippen molar-refractivity contribution in [2.75, 3.05) is 36.4 Å². The molecule has 0 spiro atoms. The summed E-state index contributed by atoms with van der Waals surface area (Å²) < 4.78 is 0. The van der Waals surface area contributed by atoms with E-state index in [1.54, 1.807) is 6.07 Å². The molecule has 1 aromatic heterocycles. The number of hydrogen-bond donors (Lipinski definition) is 2. The molecule has 8 heteroatoms. The summed E-state index contributed by atoms with van der Waals surface area (Å²) in [7, 11) is 0. The van der Waals surface area contributed by atoms with E-state index in [1.807, 2.05) is 71.8 Å². The van der Waals surface area contributed by atoms with Gasteiger partial charge < -0.3 is 15.1 Å². The third-order valence-electron chi connectivity index (χ3n) is 5.33. The molecule has 32 heavy (non-hydrogen) atoms. The minimum Gasteiger partial charge on any atom is -0.368 e. The Kier molecular flexibility index (Phi) is 6.82. The number of carbonyl (C=O) groups excluding carboxylic acids is 2. The topological polar surface area (TPSA) is 64.7 Å². The summed E-state index contributed by atoms with van der Waals surface area (Å²) >= 11 is 6.61. The van der Waals surface area contributed by atoms with Gasteiger partial charge in [0.1, 0.15) is 0 Å². The summed E-state index contributed by atoms with van der Waals surface area (Å²) in [5, 5.41) is 7.84. The Morgan fingerprint density at radius 2 is 1.62 bits per heavy atom. The van der Waals surface area contributed by atoms with Crippen LogP contribution >= 0.6 is 23.6 Å². The summed E-state index contributed by atoms with van der Waals surface area (Å²) in [6.45, 7) is 4.94. The molecule has 2 amide bonds. The lowest BCUT2D eigenvalue weighted by Crippen LogP contribution is -2.48. The minimum absolute atomic E-state index is 0.0855. The monoisotopic (exact) mass is 464 g/mol. The Morgan fingerprint density at radius 3 is 2.25 bits per heavy atom. The molecule has 1 aliphatic heterocycles. The number of carbonyl (C=O) groups is 2. The molecular formula is C24H24N4O2S2. The Balaban J connectivity index is 1.28. The molecule has 1 fully saturated rings. The van der Waals surface area contributed by atoms with E-state index in [1.165, 1.54) is 11.3 Å². The average Bonchev–Trinajstić information content (AvgIpc) is 3.35. The SMILES string of the molecule is Cc1ccc(C(=O)N2CCN(c3ccc(NC(=S)NC(=O)c4cccs4)cc3)CC2)cc1. The van der Waals surface area contributed by atoms with E-state index >= 15 is 0 Å². The smallest absolute Gasteiger partial charge is 0.267 e. The fourth-order valence-corrected chi connectivity index (χ4v) is 4.37. The fraction of sp³-hybridized carbons (Fsp3) is 0.208. The molecule has 0 saturated carbocycles. The number of anilines is 2. The molecule has 3 aromatic rings. The van der Waals surface area contributed by atoms with Crippen LogP contribution in [0.25, 0.3) is 0 Å². The quantitative estimate of drug-likeness (QED) is 0.568. The molecule has 2 aromatic carbocycles. The average molecular weight is 465 g/mol. The lowest BCUT2D eigenvalue weighted by molar-refractivity contribution is 0.0746. The molecule has 164 valence electrons. The van der Waals surface area contributed by atoms with Crippen LogP contribution in [0.3, 0.4) is 0 Å². The van der Waals surface area contributed by atoms with E-state index in [4.69, 9.17) is 12.2 Å². The van der Waals surface area contributed by atoms with Crippen molar-refractivity contribution >= 4 is 51.9 Å². The van der Waals surface area contributed by atoms with Crippen molar-refractivity contribution in [1.29, 1.82) is 0 Å². The molecule has 2 N–H and O–H groups in total. The third-order valence-corrected chi connectivity index (χ3v) is 6.40. The van der Waals surface area contributed by atoms with Crippen LogP contribution < -0.4 is 15.5 Å². The maximum absolute atomic E-state index is 12.7. The number of nitrogens with one attached hydrogen (secondary N) is 2. The van der Waals surface area contributed by atoms with Crippen molar-refractivity contribution in [2.24, 2.45) is 0 Å². The molecular weight excluding hydrogens is 440 g/mol. The number of thiocarbonyl (C=S) groups is 1. The molecule has 0 aliphatic carbocycles. The van der Waals surface area contributed by atoms with Gasteiger partial charge >= 0.3 is 0 Å². The normalized spacial score (nSPS) is 13.5. The first-order valence-corrected chi connectivity index (χ1v) is 11.7. The second kappa shape index (κ2) is 9.93. The highest BCUT2D eigenvalue weighted by molar-refractivity contribution is 7.80. The van der Waals surface area contributed by atoms with E-state index in [-0.39, 0.29) is 16.9 Å². The molecule has 0 atom stereocenters.